The summed E-state index contributed by atoms with van der Waals surface area (Å²) >= 11 is 0. The zero-order chi connectivity index (χ0) is 8.97. The average molecular weight is 160 g/mol. The summed E-state index contributed by atoms with van der Waals surface area (Å²) in [5.41, 5.74) is 1.87. The first kappa shape index (κ1) is 8.72. The number of carbonyl (C=O) groups excluding carboxylic acids is 1. The first-order chi connectivity index (χ1) is 5.79. The molecule has 0 atom stereocenters. The Balaban J connectivity index is 2.99. The third kappa shape index (κ3) is 1.62. The van der Waals surface area contributed by atoms with E-state index in [-0.39, 0.29) is 5.78 Å². The van der Waals surface area contributed by atoms with Gasteiger partial charge in [-0.2, -0.15) is 0 Å². The van der Waals surface area contributed by atoms with Gasteiger partial charge in [0.05, 0.1) is 0 Å². The zero-order valence-electron chi connectivity index (χ0n) is 7.05. The zero-order valence-corrected chi connectivity index (χ0v) is 7.05. The van der Waals surface area contributed by atoms with Gasteiger partial charge < -0.3 is 0 Å². The van der Waals surface area contributed by atoms with Gasteiger partial charge in [-0.05, 0) is 12.0 Å². The molecule has 1 saturated carbocycles. The van der Waals surface area contributed by atoms with Gasteiger partial charge in [-0.25, -0.2) is 0 Å². The molecule has 1 heteroatoms. The van der Waals surface area contributed by atoms with E-state index in [4.69, 9.17) is 0 Å². The molecule has 62 valence electrons. The maximum absolute atomic E-state index is 11.3. The van der Waals surface area contributed by atoms with Crippen LogP contribution in [0.1, 0.15) is 12.8 Å². The van der Waals surface area contributed by atoms with Gasteiger partial charge in [0.1, 0.15) is 0 Å². The Morgan fingerprint density at radius 1 is 1.08 bits per heavy atom. The van der Waals surface area contributed by atoms with Gasteiger partial charge in [-0.1, -0.05) is 37.5 Å². The fourth-order valence-corrected chi connectivity index (χ4v) is 1.33. The van der Waals surface area contributed by atoms with E-state index in [1.54, 1.807) is 18.2 Å². The second-order valence-corrected chi connectivity index (χ2v) is 2.67. The van der Waals surface area contributed by atoms with Crippen LogP contribution in [0.4, 0.5) is 0 Å². The van der Waals surface area contributed by atoms with Gasteiger partial charge in [0, 0.05) is 12.0 Å². The normalized spacial score (nSPS) is 23.5. The maximum Gasteiger partial charge on any atom is 0.163 e. The summed E-state index contributed by atoms with van der Waals surface area (Å²) in [6.07, 6.45) is 8.48. The van der Waals surface area contributed by atoms with Crippen LogP contribution in [0.3, 0.4) is 0 Å². The monoisotopic (exact) mass is 160 g/mol. The standard InChI is InChI=1S/C11H12O/c1-3-5-9-7-8-11(12)10(9)6-4-2/h3-6H,1-2,7-8H2/b9-5-,10-6+. The van der Waals surface area contributed by atoms with Crippen LogP contribution in [0, 0.1) is 0 Å². The van der Waals surface area contributed by atoms with E-state index >= 15 is 0 Å². The van der Waals surface area contributed by atoms with Crippen LogP contribution in [0.5, 0.6) is 0 Å². The molecule has 0 unspecified atom stereocenters. The molecule has 0 bridgehead atoms. The van der Waals surface area contributed by atoms with Gasteiger partial charge >= 0.3 is 0 Å². The van der Waals surface area contributed by atoms with Crippen LogP contribution in [0.15, 0.2) is 48.6 Å². The molecule has 1 rings (SSSR count). The summed E-state index contributed by atoms with van der Waals surface area (Å²) in [5, 5.41) is 0. The van der Waals surface area contributed by atoms with Crippen LogP contribution in [0.2, 0.25) is 0 Å². The minimum atomic E-state index is 0.211. The lowest BCUT2D eigenvalue weighted by Gasteiger charge is -1.94. The van der Waals surface area contributed by atoms with E-state index in [1.165, 1.54) is 0 Å². The predicted octanol–water partition coefficient (Wildman–Crippen LogP) is 2.57. The maximum atomic E-state index is 11.3. The molecular formula is C11H12O. The SMILES string of the molecule is C=C/C=C1/CCC(=O)/C1=C/C=C. The van der Waals surface area contributed by atoms with Gasteiger partial charge in [0.15, 0.2) is 5.78 Å². The summed E-state index contributed by atoms with van der Waals surface area (Å²) in [4.78, 5) is 11.3. The largest absolute Gasteiger partial charge is 0.294 e. The van der Waals surface area contributed by atoms with Crippen LogP contribution >= 0.6 is 0 Å². The summed E-state index contributed by atoms with van der Waals surface area (Å²) in [5.74, 6) is 0.211. The first-order valence-electron chi connectivity index (χ1n) is 3.97. The Labute approximate surface area is 72.8 Å². The van der Waals surface area contributed by atoms with Gasteiger partial charge in [-0.15, -0.1) is 0 Å². The molecular weight excluding hydrogens is 148 g/mol. The molecule has 1 nitrogen and oxygen atoms in total. The Kier molecular flexibility index (Phi) is 2.81. The van der Waals surface area contributed by atoms with Crippen molar-refractivity contribution in [3.63, 3.8) is 0 Å². The van der Waals surface area contributed by atoms with Gasteiger partial charge in [0.2, 0.25) is 0 Å². The fourth-order valence-electron chi connectivity index (χ4n) is 1.33. The molecule has 0 aromatic carbocycles. The molecule has 0 heterocycles. The molecule has 1 aliphatic rings. The summed E-state index contributed by atoms with van der Waals surface area (Å²) in [6.45, 7) is 7.17. The fraction of sp³-hybridized carbons (Fsp3) is 0.182. The molecule has 0 N–H and O–H groups in total. The molecule has 0 aromatic heterocycles. The Morgan fingerprint density at radius 3 is 2.33 bits per heavy atom. The van der Waals surface area contributed by atoms with Crippen molar-refractivity contribution in [2.75, 3.05) is 0 Å². The van der Waals surface area contributed by atoms with Crippen molar-refractivity contribution in [3.8, 4) is 0 Å². The molecule has 1 fully saturated rings. The van der Waals surface area contributed by atoms with E-state index in [9.17, 15) is 4.79 Å². The minimum Gasteiger partial charge on any atom is -0.294 e. The topological polar surface area (TPSA) is 17.1 Å². The number of allylic oxidation sites excluding steroid dienone is 6. The molecule has 0 spiro atoms. The number of rotatable bonds is 2. The number of carbonyl (C=O) groups is 1. The van der Waals surface area contributed by atoms with E-state index in [0.717, 1.165) is 17.6 Å². The number of hydrogen-bond donors (Lipinski definition) is 0. The average Bonchev–Trinajstić information content (AvgIpc) is 2.37. The first-order valence-corrected chi connectivity index (χ1v) is 3.97. The third-order valence-electron chi connectivity index (χ3n) is 1.87. The predicted molar refractivity (Wildman–Crippen MR) is 50.8 cm³/mol. The highest BCUT2D eigenvalue weighted by molar-refractivity contribution is 6.03. The highest BCUT2D eigenvalue weighted by Crippen LogP contribution is 2.27. The van der Waals surface area contributed by atoms with E-state index in [2.05, 4.69) is 13.2 Å². The number of ketones is 1. The van der Waals surface area contributed by atoms with Crippen molar-refractivity contribution in [3.05, 3.63) is 48.6 Å². The molecule has 0 aromatic rings. The Bertz CT molecular complexity index is 279. The quantitative estimate of drug-likeness (QED) is 0.567. The lowest BCUT2D eigenvalue weighted by molar-refractivity contribution is -0.114. The summed E-state index contributed by atoms with van der Waals surface area (Å²) in [7, 11) is 0. The van der Waals surface area contributed by atoms with Crippen molar-refractivity contribution < 1.29 is 4.79 Å². The molecule has 0 aliphatic heterocycles. The Morgan fingerprint density at radius 2 is 1.75 bits per heavy atom. The molecule has 0 amide bonds. The van der Waals surface area contributed by atoms with E-state index in [0.29, 0.717) is 6.42 Å². The van der Waals surface area contributed by atoms with Crippen molar-refractivity contribution in [1.29, 1.82) is 0 Å². The number of hydrogen-bond acceptors (Lipinski definition) is 1. The van der Waals surface area contributed by atoms with Gasteiger partial charge in [0.25, 0.3) is 0 Å². The molecule has 12 heavy (non-hydrogen) atoms. The lowest BCUT2D eigenvalue weighted by Crippen LogP contribution is -1.91. The van der Waals surface area contributed by atoms with Crippen molar-refractivity contribution >= 4 is 5.78 Å². The highest BCUT2D eigenvalue weighted by atomic mass is 16.1. The summed E-state index contributed by atoms with van der Waals surface area (Å²) in [6, 6.07) is 0. The third-order valence-corrected chi connectivity index (χ3v) is 1.87. The summed E-state index contributed by atoms with van der Waals surface area (Å²) < 4.78 is 0. The van der Waals surface area contributed by atoms with Crippen molar-refractivity contribution in [1.82, 2.24) is 0 Å². The minimum absolute atomic E-state index is 0.211. The second kappa shape index (κ2) is 3.86. The smallest absolute Gasteiger partial charge is 0.163 e. The molecule has 0 saturated heterocycles. The van der Waals surface area contributed by atoms with E-state index < -0.39 is 0 Å². The van der Waals surface area contributed by atoms with Crippen LogP contribution in [-0.4, -0.2) is 5.78 Å². The second-order valence-electron chi connectivity index (χ2n) is 2.67. The molecule has 1 aliphatic carbocycles. The van der Waals surface area contributed by atoms with Crippen molar-refractivity contribution in [2.24, 2.45) is 0 Å². The lowest BCUT2D eigenvalue weighted by atomic mass is 10.1. The van der Waals surface area contributed by atoms with Crippen LogP contribution in [0.25, 0.3) is 0 Å². The van der Waals surface area contributed by atoms with Crippen molar-refractivity contribution in [2.45, 2.75) is 12.8 Å². The van der Waals surface area contributed by atoms with Crippen LogP contribution in [-0.2, 0) is 4.79 Å². The Hall–Kier alpha value is -1.37. The number of Topliss-reactive ketones (excluding diaryl/α,β-unsaturated/α-hetero) is 1. The van der Waals surface area contributed by atoms with Gasteiger partial charge in [-0.3, -0.25) is 4.79 Å². The highest BCUT2D eigenvalue weighted by Gasteiger charge is 2.20. The molecule has 0 radical (unpaired) electrons. The van der Waals surface area contributed by atoms with Crippen LogP contribution < -0.4 is 0 Å². The van der Waals surface area contributed by atoms with E-state index in [1.807, 2.05) is 6.08 Å².